The van der Waals surface area contributed by atoms with Gasteiger partial charge in [-0.15, -0.1) is 0 Å². The summed E-state index contributed by atoms with van der Waals surface area (Å²) in [6.45, 7) is 3.30. The first kappa shape index (κ1) is 15.0. The van der Waals surface area contributed by atoms with E-state index in [1.807, 2.05) is 6.92 Å². The molecule has 1 aromatic rings. The molecule has 120 valence electrons. The molecule has 1 aliphatic heterocycles. The first-order valence-corrected chi connectivity index (χ1v) is 7.83. The fourth-order valence-electron chi connectivity index (χ4n) is 2.91. The van der Waals surface area contributed by atoms with E-state index < -0.39 is 0 Å². The summed E-state index contributed by atoms with van der Waals surface area (Å²) in [6, 6.07) is 1.78. The second-order valence-electron chi connectivity index (χ2n) is 6.28. The van der Waals surface area contributed by atoms with E-state index >= 15 is 0 Å². The van der Waals surface area contributed by atoms with Gasteiger partial charge in [-0.1, -0.05) is 12.1 Å². The Kier molecular flexibility index (Phi) is 4.15. The highest BCUT2D eigenvalue weighted by molar-refractivity contribution is 5.92. The van der Waals surface area contributed by atoms with Crippen LogP contribution in [0.15, 0.2) is 10.6 Å². The molecular formula is C15H22N4O3. The molecule has 0 radical (unpaired) electrons. The minimum atomic E-state index is -0.203. The van der Waals surface area contributed by atoms with Crippen LogP contribution in [0, 0.1) is 5.92 Å². The molecule has 2 atom stereocenters. The van der Waals surface area contributed by atoms with Crippen LogP contribution in [0.25, 0.3) is 0 Å². The number of nitrogens with two attached hydrogens (primary N) is 1. The van der Waals surface area contributed by atoms with Crippen molar-refractivity contribution in [1.82, 2.24) is 15.4 Å². The predicted molar refractivity (Wildman–Crippen MR) is 79.1 cm³/mol. The molecule has 0 spiro atoms. The number of carbonyl (C=O) groups excluding carboxylic acids is 2. The maximum absolute atomic E-state index is 12.3. The van der Waals surface area contributed by atoms with Crippen molar-refractivity contribution in [3.05, 3.63) is 17.5 Å². The second-order valence-corrected chi connectivity index (χ2v) is 6.28. The highest BCUT2D eigenvalue weighted by Gasteiger charge is 2.31. The van der Waals surface area contributed by atoms with Crippen LogP contribution in [0.1, 0.15) is 48.4 Å². The summed E-state index contributed by atoms with van der Waals surface area (Å²) >= 11 is 0. The number of likely N-dealkylation sites (tertiary alicyclic amines) is 1. The number of nitrogens with zero attached hydrogens (tertiary/aromatic N) is 2. The van der Waals surface area contributed by atoms with Crippen LogP contribution in [0.5, 0.6) is 0 Å². The molecule has 2 heterocycles. The standard InChI is InChI=1S/C15H22N4O3/c1-9-8-19(14(20)7-16)5-4-11(9)17-15(21)12-6-13(22-18-12)10-2-3-10/h6,9-11H,2-5,7-8,16H2,1H3,(H,17,21)/t9-,11?/m0/s1. The van der Waals surface area contributed by atoms with Gasteiger partial charge in [0.2, 0.25) is 5.91 Å². The first-order valence-electron chi connectivity index (χ1n) is 7.83. The molecule has 1 saturated carbocycles. The van der Waals surface area contributed by atoms with Gasteiger partial charge in [-0.3, -0.25) is 9.59 Å². The van der Waals surface area contributed by atoms with Crippen LogP contribution in [0.3, 0.4) is 0 Å². The van der Waals surface area contributed by atoms with Gasteiger partial charge in [0.05, 0.1) is 6.54 Å². The van der Waals surface area contributed by atoms with Crippen LogP contribution in [-0.4, -0.2) is 47.5 Å². The smallest absolute Gasteiger partial charge is 0.273 e. The van der Waals surface area contributed by atoms with Crippen LogP contribution >= 0.6 is 0 Å². The quantitative estimate of drug-likeness (QED) is 0.842. The lowest BCUT2D eigenvalue weighted by Crippen LogP contribution is -2.52. The Morgan fingerprint density at radius 1 is 1.45 bits per heavy atom. The van der Waals surface area contributed by atoms with Crippen LogP contribution in [0.2, 0.25) is 0 Å². The van der Waals surface area contributed by atoms with Gasteiger partial charge >= 0.3 is 0 Å². The van der Waals surface area contributed by atoms with Gasteiger partial charge in [0.15, 0.2) is 5.69 Å². The Morgan fingerprint density at radius 3 is 2.86 bits per heavy atom. The SMILES string of the molecule is C[C@H]1CN(C(=O)CN)CCC1NC(=O)c1cc(C2CC2)on1. The zero-order valence-corrected chi connectivity index (χ0v) is 12.7. The van der Waals surface area contributed by atoms with E-state index in [0.29, 0.717) is 24.7 Å². The van der Waals surface area contributed by atoms with Gasteiger partial charge < -0.3 is 20.5 Å². The van der Waals surface area contributed by atoms with Crippen molar-refractivity contribution in [2.24, 2.45) is 11.7 Å². The van der Waals surface area contributed by atoms with Crippen molar-refractivity contribution in [2.45, 2.75) is 38.1 Å². The molecule has 1 aromatic heterocycles. The average molecular weight is 306 g/mol. The third kappa shape index (κ3) is 3.14. The van der Waals surface area contributed by atoms with Crippen molar-refractivity contribution < 1.29 is 14.1 Å². The summed E-state index contributed by atoms with van der Waals surface area (Å²) in [4.78, 5) is 25.6. The molecule has 7 heteroatoms. The number of amides is 2. The largest absolute Gasteiger partial charge is 0.360 e. The molecule has 2 amide bonds. The van der Waals surface area contributed by atoms with Crippen molar-refractivity contribution in [3.8, 4) is 0 Å². The Balaban J connectivity index is 1.56. The van der Waals surface area contributed by atoms with E-state index in [9.17, 15) is 9.59 Å². The third-order valence-electron chi connectivity index (χ3n) is 4.49. The number of rotatable bonds is 4. The molecule has 22 heavy (non-hydrogen) atoms. The van der Waals surface area contributed by atoms with E-state index in [4.69, 9.17) is 10.3 Å². The lowest BCUT2D eigenvalue weighted by molar-refractivity contribution is -0.131. The molecule has 3 N–H and O–H groups in total. The van der Waals surface area contributed by atoms with Crippen molar-refractivity contribution >= 4 is 11.8 Å². The molecule has 1 aliphatic carbocycles. The van der Waals surface area contributed by atoms with Crippen molar-refractivity contribution in [1.29, 1.82) is 0 Å². The molecule has 2 aliphatic rings. The van der Waals surface area contributed by atoms with E-state index in [0.717, 1.165) is 25.0 Å². The molecular weight excluding hydrogens is 284 g/mol. The number of carbonyl (C=O) groups is 2. The Bertz CT molecular complexity index is 567. The van der Waals surface area contributed by atoms with Crippen LogP contribution < -0.4 is 11.1 Å². The topological polar surface area (TPSA) is 101 Å². The zero-order valence-electron chi connectivity index (χ0n) is 12.7. The molecule has 7 nitrogen and oxygen atoms in total. The van der Waals surface area contributed by atoms with E-state index in [1.54, 1.807) is 11.0 Å². The number of piperidine rings is 1. The molecule has 0 bridgehead atoms. The summed E-state index contributed by atoms with van der Waals surface area (Å²) in [6.07, 6.45) is 2.95. The van der Waals surface area contributed by atoms with Gasteiger partial charge in [-0.05, 0) is 25.2 Å². The van der Waals surface area contributed by atoms with Crippen LogP contribution in [-0.2, 0) is 4.79 Å². The van der Waals surface area contributed by atoms with Crippen molar-refractivity contribution in [3.63, 3.8) is 0 Å². The maximum Gasteiger partial charge on any atom is 0.273 e. The summed E-state index contributed by atoms with van der Waals surface area (Å²) in [5.41, 5.74) is 5.73. The normalized spacial score (nSPS) is 25.1. The summed E-state index contributed by atoms with van der Waals surface area (Å²) in [5.74, 6) is 1.19. The molecule has 1 unspecified atom stereocenters. The van der Waals surface area contributed by atoms with Crippen molar-refractivity contribution in [2.75, 3.05) is 19.6 Å². The minimum Gasteiger partial charge on any atom is -0.360 e. The van der Waals surface area contributed by atoms with Gasteiger partial charge in [0, 0.05) is 31.1 Å². The number of hydrogen-bond donors (Lipinski definition) is 2. The highest BCUT2D eigenvalue weighted by atomic mass is 16.5. The van der Waals surface area contributed by atoms with Gasteiger partial charge in [-0.2, -0.15) is 0 Å². The van der Waals surface area contributed by atoms with Gasteiger partial charge in [0.25, 0.3) is 5.91 Å². The second kappa shape index (κ2) is 6.08. The zero-order chi connectivity index (χ0) is 15.7. The molecule has 1 saturated heterocycles. The number of nitrogens with one attached hydrogen (secondary N) is 1. The average Bonchev–Trinajstić information content (AvgIpc) is 3.25. The summed E-state index contributed by atoms with van der Waals surface area (Å²) in [7, 11) is 0. The highest BCUT2D eigenvalue weighted by Crippen LogP contribution is 2.40. The maximum atomic E-state index is 12.3. The Hall–Kier alpha value is -1.89. The molecule has 2 fully saturated rings. The number of aromatic nitrogens is 1. The monoisotopic (exact) mass is 306 g/mol. The predicted octanol–water partition coefficient (Wildman–Crippen LogP) is 0.478. The minimum absolute atomic E-state index is 0.0344. The fraction of sp³-hybridized carbons (Fsp3) is 0.667. The molecule has 3 rings (SSSR count). The Morgan fingerprint density at radius 2 is 2.23 bits per heavy atom. The summed E-state index contributed by atoms with van der Waals surface area (Å²) < 4.78 is 5.21. The number of hydrogen-bond acceptors (Lipinski definition) is 5. The van der Waals surface area contributed by atoms with E-state index in [-0.39, 0.29) is 30.3 Å². The Labute approximate surface area is 129 Å². The fourth-order valence-corrected chi connectivity index (χ4v) is 2.91. The molecule has 0 aromatic carbocycles. The van der Waals surface area contributed by atoms with E-state index in [1.165, 1.54) is 0 Å². The van der Waals surface area contributed by atoms with Gasteiger partial charge in [0.1, 0.15) is 5.76 Å². The lowest BCUT2D eigenvalue weighted by atomic mass is 9.93. The third-order valence-corrected chi connectivity index (χ3v) is 4.49. The van der Waals surface area contributed by atoms with Gasteiger partial charge in [-0.25, -0.2) is 0 Å². The van der Waals surface area contributed by atoms with Crippen LogP contribution in [0.4, 0.5) is 0 Å². The lowest BCUT2D eigenvalue weighted by Gasteiger charge is -2.37. The first-order chi connectivity index (χ1) is 10.6. The van der Waals surface area contributed by atoms with E-state index in [2.05, 4.69) is 10.5 Å². The summed E-state index contributed by atoms with van der Waals surface area (Å²) in [5, 5.41) is 6.86.